The van der Waals surface area contributed by atoms with Crippen LogP contribution in [-0.2, 0) is 0 Å². The van der Waals surface area contributed by atoms with Crippen LogP contribution in [0.2, 0.25) is 0 Å². The highest BCUT2D eigenvalue weighted by Crippen LogP contribution is 2.21. The van der Waals surface area contributed by atoms with Gasteiger partial charge in [0.15, 0.2) is 5.17 Å². The lowest BCUT2D eigenvalue weighted by Gasteiger charge is -2.00. The first-order valence-electron chi connectivity index (χ1n) is 2.98. The first-order chi connectivity index (χ1) is 5.65. The maximum Gasteiger partial charge on any atom is 0.176 e. The molecule has 2 nitrogen and oxygen atoms in total. The lowest BCUT2D eigenvalue weighted by Crippen LogP contribution is -1.93. The number of hydrogen-bond acceptors (Lipinski definition) is 2. The van der Waals surface area contributed by atoms with E-state index >= 15 is 0 Å². The first-order valence-corrected chi connectivity index (χ1v) is 5.23. The van der Waals surface area contributed by atoms with E-state index in [1.807, 2.05) is 18.2 Å². The minimum Gasteiger partial charge on any atom is -0.410 e. The topological polar surface area (TPSA) is 32.6 Å². The van der Waals surface area contributed by atoms with Crippen molar-refractivity contribution in [1.82, 2.24) is 0 Å². The van der Waals surface area contributed by atoms with Crippen LogP contribution in [0.5, 0.6) is 0 Å². The summed E-state index contributed by atoms with van der Waals surface area (Å²) in [6, 6.07) is 5.60. The Labute approximate surface area is 96.9 Å². The largest absolute Gasteiger partial charge is 0.410 e. The SMILES string of the molecule is ON=C(Cl)c1cc(I)ccc1Br. The molecule has 0 spiro atoms. The molecule has 1 aromatic carbocycles. The molecule has 0 radical (unpaired) electrons. The van der Waals surface area contributed by atoms with Crippen molar-refractivity contribution in [1.29, 1.82) is 0 Å². The summed E-state index contributed by atoms with van der Waals surface area (Å²) in [6.07, 6.45) is 0. The van der Waals surface area contributed by atoms with Crippen molar-refractivity contribution in [2.24, 2.45) is 5.16 Å². The molecular formula is C7H4BrClINO. The van der Waals surface area contributed by atoms with Crippen LogP contribution in [0.25, 0.3) is 0 Å². The summed E-state index contributed by atoms with van der Waals surface area (Å²) in [7, 11) is 0. The molecule has 0 atom stereocenters. The van der Waals surface area contributed by atoms with E-state index in [-0.39, 0.29) is 5.17 Å². The van der Waals surface area contributed by atoms with E-state index in [4.69, 9.17) is 16.8 Å². The van der Waals surface area contributed by atoms with Gasteiger partial charge in [-0.2, -0.15) is 0 Å². The third-order valence-electron chi connectivity index (χ3n) is 1.24. The third kappa shape index (κ3) is 2.34. The van der Waals surface area contributed by atoms with Crippen LogP contribution in [0.15, 0.2) is 27.8 Å². The van der Waals surface area contributed by atoms with Gasteiger partial charge in [-0.15, -0.1) is 0 Å². The Kier molecular flexibility index (Phi) is 3.79. The molecule has 0 saturated carbocycles. The van der Waals surface area contributed by atoms with Crippen molar-refractivity contribution < 1.29 is 5.21 Å². The monoisotopic (exact) mass is 359 g/mol. The number of hydrogen-bond donors (Lipinski definition) is 1. The van der Waals surface area contributed by atoms with Crippen LogP contribution in [0.1, 0.15) is 5.56 Å². The Morgan fingerprint density at radius 1 is 1.58 bits per heavy atom. The van der Waals surface area contributed by atoms with Gasteiger partial charge in [0.05, 0.1) is 0 Å². The van der Waals surface area contributed by atoms with Crippen LogP contribution in [0.4, 0.5) is 0 Å². The van der Waals surface area contributed by atoms with Crippen molar-refractivity contribution >= 4 is 55.3 Å². The van der Waals surface area contributed by atoms with Gasteiger partial charge in [-0.1, -0.05) is 32.7 Å². The predicted molar refractivity (Wildman–Crippen MR) is 61.0 cm³/mol. The molecule has 1 rings (SSSR count). The summed E-state index contributed by atoms with van der Waals surface area (Å²) >= 11 is 11.1. The fraction of sp³-hybridized carbons (Fsp3) is 0. The first kappa shape index (κ1) is 10.3. The molecule has 0 saturated heterocycles. The van der Waals surface area contributed by atoms with E-state index in [1.165, 1.54) is 0 Å². The lowest BCUT2D eigenvalue weighted by molar-refractivity contribution is 0.321. The molecule has 0 bridgehead atoms. The highest BCUT2D eigenvalue weighted by Gasteiger charge is 2.05. The normalized spacial score (nSPS) is 11.8. The molecule has 1 N–H and O–H groups in total. The summed E-state index contributed by atoms with van der Waals surface area (Å²) in [5, 5.41) is 11.4. The van der Waals surface area contributed by atoms with Gasteiger partial charge in [0, 0.05) is 13.6 Å². The molecule has 0 aliphatic carbocycles. The predicted octanol–water partition coefficient (Wildman–Crippen LogP) is 3.43. The second kappa shape index (κ2) is 4.43. The molecule has 0 aliphatic heterocycles. The van der Waals surface area contributed by atoms with Crippen molar-refractivity contribution in [3.63, 3.8) is 0 Å². The molecule has 12 heavy (non-hydrogen) atoms. The molecule has 0 amide bonds. The second-order valence-electron chi connectivity index (χ2n) is 2.01. The fourth-order valence-corrected chi connectivity index (χ4v) is 1.91. The number of benzene rings is 1. The highest BCUT2D eigenvalue weighted by atomic mass is 127. The summed E-state index contributed by atoms with van der Waals surface area (Å²) in [6.45, 7) is 0. The zero-order chi connectivity index (χ0) is 9.14. The van der Waals surface area contributed by atoms with E-state index in [2.05, 4.69) is 43.7 Å². The van der Waals surface area contributed by atoms with Crippen molar-refractivity contribution in [2.75, 3.05) is 0 Å². The Hall–Kier alpha value is 0.190. The van der Waals surface area contributed by atoms with Gasteiger partial charge in [-0.05, 0) is 40.8 Å². The van der Waals surface area contributed by atoms with Crippen LogP contribution >= 0.6 is 50.1 Å². The van der Waals surface area contributed by atoms with Gasteiger partial charge >= 0.3 is 0 Å². The number of oxime groups is 1. The Morgan fingerprint density at radius 2 is 2.25 bits per heavy atom. The minimum atomic E-state index is 0.0837. The number of nitrogens with zero attached hydrogens (tertiary/aromatic N) is 1. The van der Waals surface area contributed by atoms with E-state index < -0.39 is 0 Å². The number of halogens is 3. The second-order valence-corrected chi connectivity index (χ2v) is 4.47. The number of rotatable bonds is 1. The average molecular weight is 360 g/mol. The van der Waals surface area contributed by atoms with Gasteiger partial charge in [-0.3, -0.25) is 0 Å². The molecule has 0 unspecified atom stereocenters. The van der Waals surface area contributed by atoms with Crippen molar-refractivity contribution in [2.45, 2.75) is 0 Å². The van der Waals surface area contributed by atoms with Gasteiger partial charge in [0.25, 0.3) is 0 Å². The Balaban J connectivity index is 3.23. The van der Waals surface area contributed by atoms with E-state index in [9.17, 15) is 0 Å². The molecule has 0 heterocycles. The molecule has 0 aromatic heterocycles. The summed E-state index contributed by atoms with van der Waals surface area (Å²) < 4.78 is 1.85. The smallest absolute Gasteiger partial charge is 0.176 e. The molecule has 0 fully saturated rings. The van der Waals surface area contributed by atoms with Crippen LogP contribution in [-0.4, -0.2) is 10.4 Å². The van der Waals surface area contributed by atoms with Crippen molar-refractivity contribution in [3.8, 4) is 0 Å². The molecule has 64 valence electrons. The maximum absolute atomic E-state index is 8.44. The summed E-state index contributed by atoms with van der Waals surface area (Å²) in [5.74, 6) is 0. The lowest BCUT2D eigenvalue weighted by atomic mass is 10.2. The summed E-state index contributed by atoms with van der Waals surface area (Å²) in [5.41, 5.74) is 0.686. The van der Waals surface area contributed by atoms with Crippen LogP contribution < -0.4 is 0 Å². The van der Waals surface area contributed by atoms with E-state index in [1.54, 1.807) is 0 Å². The Bertz CT molecular complexity index is 329. The van der Waals surface area contributed by atoms with Gasteiger partial charge in [0.2, 0.25) is 0 Å². The third-order valence-corrected chi connectivity index (χ3v) is 2.88. The molecule has 0 aliphatic rings. The van der Waals surface area contributed by atoms with E-state index in [0.29, 0.717) is 5.56 Å². The van der Waals surface area contributed by atoms with Crippen LogP contribution in [0, 0.1) is 3.57 Å². The Morgan fingerprint density at radius 3 is 2.83 bits per heavy atom. The summed E-state index contributed by atoms with van der Waals surface area (Å²) in [4.78, 5) is 0. The zero-order valence-corrected chi connectivity index (χ0v) is 10.3. The van der Waals surface area contributed by atoms with Gasteiger partial charge in [0.1, 0.15) is 0 Å². The minimum absolute atomic E-state index is 0.0837. The molecule has 5 heteroatoms. The maximum atomic E-state index is 8.44. The molecule has 1 aromatic rings. The quantitative estimate of drug-likeness (QED) is 0.354. The van der Waals surface area contributed by atoms with Gasteiger partial charge in [-0.25, -0.2) is 0 Å². The fourth-order valence-electron chi connectivity index (χ4n) is 0.709. The van der Waals surface area contributed by atoms with E-state index in [0.717, 1.165) is 8.04 Å². The highest BCUT2D eigenvalue weighted by molar-refractivity contribution is 14.1. The van der Waals surface area contributed by atoms with Crippen LogP contribution in [0.3, 0.4) is 0 Å². The zero-order valence-electron chi connectivity index (χ0n) is 5.76. The standard InChI is InChI=1S/C7H4BrClINO/c8-6-2-1-4(10)3-5(6)7(9)11-12/h1-3,12H. The average Bonchev–Trinajstić information content (AvgIpc) is 2.08. The molecular weight excluding hydrogens is 356 g/mol. The van der Waals surface area contributed by atoms with Gasteiger partial charge < -0.3 is 5.21 Å². The van der Waals surface area contributed by atoms with Crippen molar-refractivity contribution in [3.05, 3.63) is 31.8 Å².